The maximum absolute atomic E-state index is 5.63. The van der Waals surface area contributed by atoms with Crippen LogP contribution in [0.25, 0.3) is 0 Å². The molecule has 0 atom stereocenters. The number of nitrogens with one attached hydrogen (secondary N) is 2. The fourth-order valence-electron chi connectivity index (χ4n) is 3.32. The van der Waals surface area contributed by atoms with Crippen molar-refractivity contribution in [3.05, 3.63) is 18.2 Å². The predicted molar refractivity (Wildman–Crippen MR) is 124 cm³/mol. The van der Waals surface area contributed by atoms with Crippen LogP contribution < -0.4 is 20.1 Å². The van der Waals surface area contributed by atoms with Gasteiger partial charge in [0.05, 0.1) is 13.7 Å². The first-order valence-corrected chi connectivity index (χ1v) is 9.71. The molecule has 0 saturated carbocycles. The Labute approximate surface area is 181 Å². The molecule has 1 aromatic carbocycles. The van der Waals surface area contributed by atoms with Crippen molar-refractivity contribution in [1.29, 1.82) is 0 Å². The highest BCUT2D eigenvalue weighted by atomic mass is 127. The number of hydrogen-bond acceptors (Lipinski definition) is 4. The summed E-state index contributed by atoms with van der Waals surface area (Å²) < 4.78 is 11.0. The highest BCUT2D eigenvalue weighted by Crippen LogP contribution is 2.30. The summed E-state index contributed by atoms with van der Waals surface area (Å²) in [6, 6.07) is 5.81. The summed E-state index contributed by atoms with van der Waals surface area (Å²) >= 11 is 0. The van der Waals surface area contributed by atoms with E-state index >= 15 is 0 Å². The largest absolute Gasteiger partial charge is 0.493 e. The number of benzene rings is 1. The smallest absolute Gasteiger partial charge is 0.195 e. The molecular formula is C20H35IN4O2. The summed E-state index contributed by atoms with van der Waals surface area (Å²) in [4.78, 5) is 6.86. The number of methoxy groups -OCH3 is 1. The van der Waals surface area contributed by atoms with E-state index in [-0.39, 0.29) is 24.0 Å². The van der Waals surface area contributed by atoms with E-state index in [1.165, 1.54) is 38.9 Å². The number of nitrogens with zero attached hydrogens (tertiary/aromatic N) is 2. The van der Waals surface area contributed by atoms with Gasteiger partial charge in [-0.15, -0.1) is 24.0 Å². The maximum Gasteiger partial charge on any atom is 0.195 e. The molecule has 6 nitrogen and oxygen atoms in total. The van der Waals surface area contributed by atoms with Gasteiger partial charge in [-0.1, -0.05) is 6.92 Å². The minimum atomic E-state index is 0. The van der Waals surface area contributed by atoms with Gasteiger partial charge in [-0.2, -0.15) is 0 Å². The number of hydrogen-bond donors (Lipinski definition) is 2. The third-order valence-electron chi connectivity index (χ3n) is 4.95. The van der Waals surface area contributed by atoms with Crippen LogP contribution in [0.5, 0.6) is 11.5 Å². The van der Waals surface area contributed by atoms with Gasteiger partial charge in [-0.05, 0) is 63.9 Å². The van der Waals surface area contributed by atoms with Crippen molar-refractivity contribution in [2.75, 3.05) is 52.3 Å². The van der Waals surface area contributed by atoms with Gasteiger partial charge in [0, 0.05) is 25.3 Å². The Morgan fingerprint density at radius 3 is 2.56 bits per heavy atom. The summed E-state index contributed by atoms with van der Waals surface area (Å²) in [5, 5.41) is 6.75. The fraction of sp³-hybridized carbons (Fsp3) is 0.650. The molecule has 0 bridgehead atoms. The zero-order chi connectivity index (χ0) is 18.8. The van der Waals surface area contributed by atoms with Crippen molar-refractivity contribution in [3.63, 3.8) is 0 Å². The van der Waals surface area contributed by atoms with Gasteiger partial charge in [0.15, 0.2) is 17.5 Å². The Morgan fingerprint density at radius 2 is 1.96 bits per heavy atom. The molecule has 7 heteroatoms. The Kier molecular flexibility index (Phi) is 11.5. The number of likely N-dealkylation sites (tertiary alicyclic amines) is 1. The van der Waals surface area contributed by atoms with E-state index in [4.69, 9.17) is 9.47 Å². The van der Waals surface area contributed by atoms with Crippen molar-refractivity contribution in [1.82, 2.24) is 10.2 Å². The molecule has 1 aromatic rings. The molecule has 1 heterocycles. The minimum absolute atomic E-state index is 0. The number of anilines is 1. The maximum atomic E-state index is 5.63. The van der Waals surface area contributed by atoms with Crippen LogP contribution in [0, 0.1) is 5.92 Å². The lowest BCUT2D eigenvalue weighted by Crippen LogP contribution is -2.36. The summed E-state index contributed by atoms with van der Waals surface area (Å²) in [5.41, 5.74) is 0.929. The number of halogens is 1. The number of piperidine rings is 1. The molecule has 1 aliphatic rings. The van der Waals surface area contributed by atoms with Crippen LogP contribution in [0.2, 0.25) is 0 Å². The predicted octanol–water partition coefficient (Wildman–Crippen LogP) is 3.82. The molecule has 154 valence electrons. The average Bonchev–Trinajstić information content (AvgIpc) is 2.68. The van der Waals surface area contributed by atoms with Crippen molar-refractivity contribution in [3.8, 4) is 11.5 Å². The van der Waals surface area contributed by atoms with Gasteiger partial charge in [0.2, 0.25) is 0 Å². The molecule has 1 fully saturated rings. The lowest BCUT2D eigenvalue weighted by atomic mass is 9.93. The van der Waals surface area contributed by atoms with Crippen LogP contribution in [-0.4, -0.2) is 57.8 Å². The van der Waals surface area contributed by atoms with E-state index < -0.39 is 0 Å². The Bertz CT molecular complexity index is 575. The normalized spacial score (nSPS) is 15.8. The first-order chi connectivity index (χ1) is 12.7. The molecule has 0 unspecified atom stereocenters. The number of ether oxygens (including phenoxy) is 2. The van der Waals surface area contributed by atoms with E-state index in [2.05, 4.69) is 27.4 Å². The Hall–Kier alpha value is -1.22. The molecule has 2 N–H and O–H groups in total. The molecule has 0 aromatic heterocycles. The highest BCUT2D eigenvalue weighted by Gasteiger charge is 2.17. The molecule has 0 spiro atoms. The van der Waals surface area contributed by atoms with Crippen LogP contribution in [0.1, 0.15) is 33.1 Å². The summed E-state index contributed by atoms with van der Waals surface area (Å²) in [6.07, 6.45) is 3.79. The van der Waals surface area contributed by atoms with Gasteiger partial charge < -0.3 is 25.0 Å². The molecule has 1 saturated heterocycles. The van der Waals surface area contributed by atoms with Crippen LogP contribution in [0.15, 0.2) is 23.2 Å². The standard InChI is InChI=1S/C20H34N4O2.HI/c1-5-24-13-10-16(11-14-24)9-12-22-20(21-3)23-17-7-8-18(25-4)19(15-17)26-6-2;/h7-8,15-16H,5-6,9-14H2,1-4H3,(H2,21,22,23);1H. The molecule has 0 radical (unpaired) electrons. The van der Waals surface area contributed by atoms with Gasteiger partial charge in [-0.3, -0.25) is 4.99 Å². The fourth-order valence-corrected chi connectivity index (χ4v) is 3.32. The van der Waals surface area contributed by atoms with Crippen LogP contribution in [0.4, 0.5) is 5.69 Å². The third kappa shape index (κ3) is 7.73. The second-order valence-electron chi connectivity index (χ2n) is 6.59. The Morgan fingerprint density at radius 1 is 1.22 bits per heavy atom. The van der Waals surface area contributed by atoms with Crippen molar-refractivity contribution >= 4 is 35.6 Å². The molecule has 27 heavy (non-hydrogen) atoms. The quantitative estimate of drug-likeness (QED) is 0.330. The first-order valence-electron chi connectivity index (χ1n) is 9.71. The van der Waals surface area contributed by atoms with E-state index in [1.807, 2.05) is 25.1 Å². The van der Waals surface area contributed by atoms with Crippen LogP contribution in [0.3, 0.4) is 0 Å². The lowest BCUT2D eigenvalue weighted by Gasteiger charge is -2.31. The van der Waals surface area contributed by atoms with Crippen molar-refractivity contribution in [2.45, 2.75) is 33.1 Å². The summed E-state index contributed by atoms with van der Waals surface area (Å²) in [5.74, 6) is 3.06. The van der Waals surface area contributed by atoms with Gasteiger partial charge >= 0.3 is 0 Å². The van der Waals surface area contributed by atoms with Crippen LogP contribution >= 0.6 is 24.0 Å². The van der Waals surface area contributed by atoms with Gasteiger partial charge in [0.25, 0.3) is 0 Å². The van der Waals surface area contributed by atoms with Gasteiger partial charge in [-0.25, -0.2) is 0 Å². The zero-order valence-electron chi connectivity index (χ0n) is 17.1. The molecule has 0 amide bonds. The topological polar surface area (TPSA) is 58.1 Å². The van der Waals surface area contributed by atoms with E-state index in [0.29, 0.717) is 6.61 Å². The molecular weight excluding hydrogens is 455 g/mol. The summed E-state index contributed by atoms with van der Waals surface area (Å²) in [6.45, 7) is 9.39. The third-order valence-corrected chi connectivity index (χ3v) is 4.95. The second-order valence-corrected chi connectivity index (χ2v) is 6.59. The average molecular weight is 490 g/mol. The van der Waals surface area contributed by atoms with E-state index in [0.717, 1.165) is 35.6 Å². The first kappa shape index (κ1) is 23.8. The van der Waals surface area contributed by atoms with Gasteiger partial charge in [0.1, 0.15) is 0 Å². The summed E-state index contributed by atoms with van der Waals surface area (Å²) in [7, 11) is 3.44. The van der Waals surface area contributed by atoms with E-state index in [1.54, 1.807) is 14.2 Å². The molecule has 0 aliphatic carbocycles. The zero-order valence-corrected chi connectivity index (χ0v) is 19.4. The van der Waals surface area contributed by atoms with E-state index in [9.17, 15) is 0 Å². The Balaban J connectivity index is 0.00000364. The second kappa shape index (κ2) is 13.0. The van der Waals surface area contributed by atoms with Crippen LogP contribution in [-0.2, 0) is 0 Å². The van der Waals surface area contributed by atoms with Crippen molar-refractivity contribution in [2.24, 2.45) is 10.9 Å². The lowest BCUT2D eigenvalue weighted by molar-refractivity contribution is 0.187. The number of aliphatic imine (C=N–C) groups is 1. The molecule has 1 aliphatic heterocycles. The highest BCUT2D eigenvalue weighted by molar-refractivity contribution is 14.0. The monoisotopic (exact) mass is 490 g/mol. The number of guanidine groups is 1. The molecule has 2 rings (SSSR count). The SMILES string of the molecule is CCOc1cc(NC(=NC)NCCC2CCN(CC)CC2)ccc1OC.I. The minimum Gasteiger partial charge on any atom is -0.493 e. The van der Waals surface area contributed by atoms with Crippen molar-refractivity contribution < 1.29 is 9.47 Å². The number of rotatable bonds is 8.